The minimum absolute atomic E-state index is 0.0193. The molecular formula is C16H24N2O3. The highest BCUT2D eigenvalue weighted by atomic mass is 16.5. The predicted molar refractivity (Wildman–Crippen MR) is 80.5 cm³/mol. The van der Waals surface area contributed by atoms with Gasteiger partial charge in [-0.15, -0.1) is 0 Å². The van der Waals surface area contributed by atoms with Gasteiger partial charge in [0.25, 0.3) is 5.91 Å². The van der Waals surface area contributed by atoms with Gasteiger partial charge in [-0.05, 0) is 38.7 Å². The normalized spacial score (nSPS) is 21.7. The molecule has 0 aromatic carbocycles. The van der Waals surface area contributed by atoms with Crippen molar-refractivity contribution in [2.45, 2.75) is 46.6 Å². The molecule has 2 atom stereocenters. The summed E-state index contributed by atoms with van der Waals surface area (Å²) in [5, 5.41) is 0. The van der Waals surface area contributed by atoms with Crippen LogP contribution in [-0.4, -0.2) is 41.5 Å². The molecule has 116 valence electrons. The molecule has 1 aliphatic heterocycles. The summed E-state index contributed by atoms with van der Waals surface area (Å²) in [6, 6.07) is 0.243. The van der Waals surface area contributed by atoms with Crippen LogP contribution in [-0.2, 0) is 4.74 Å². The van der Waals surface area contributed by atoms with Gasteiger partial charge in [0.15, 0.2) is 0 Å². The summed E-state index contributed by atoms with van der Waals surface area (Å²) in [5.41, 5.74) is 2.34. The molecule has 5 heteroatoms. The maximum Gasteiger partial charge on any atom is 0.339 e. The fourth-order valence-electron chi connectivity index (χ4n) is 3.35. The number of ether oxygens (including phenoxy) is 1. The van der Waals surface area contributed by atoms with E-state index >= 15 is 0 Å². The first-order valence-corrected chi connectivity index (χ1v) is 7.50. The van der Waals surface area contributed by atoms with Crippen molar-refractivity contribution in [3.63, 3.8) is 0 Å². The molecule has 5 nitrogen and oxygen atoms in total. The number of aromatic amines is 1. The molecule has 0 saturated carbocycles. The van der Waals surface area contributed by atoms with Crippen molar-refractivity contribution in [1.29, 1.82) is 0 Å². The van der Waals surface area contributed by atoms with Crippen molar-refractivity contribution >= 4 is 11.9 Å². The number of carbonyl (C=O) groups excluding carboxylic acids is 2. The minimum Gasteiger partial charge on any atom is -0.465 e. The number of hydrogen-bond donors (Lipinski definition) is 1. The molecule has 1 amide bonds. The third-order valence-corrected chi connectivity index (χ3v) is 4.74. The molecule has 0 radical (unpaired) electrons. The number of nitrogens with zero attached hydrogens (tertiary/aromatic N) is 1. The summed E-state index contributed by atoms with van der Waals surface area (Å²) in [6.45, 7) is 8.63. The lowest BCUT2D eigenvalue weighted by molar-refractivity contribution is 0.0599. The first-order chi connectivity index (χ1) is 9.92. The maximum atomic E-state index is 12.8. The van der Waals surface area contributed by atoms with Crippen LogP contribution >= 0.6 is 0 Å². The Morgan fingerprint density at radius 3 is 2.57 bits per heavy atom. The van der Waals surface area contributed by atoms with E-state index in [4.69, 9.17) is 4.74 Å². The van der Waals surface area contributed by atoms with Crippen LogP contribution < -0.4 is 0 Å². The van der Waals surface area contributed by atoms with E-state index in [1.54, 1.807) is 13.8 Å². The molecule has 1 N–H and O–H groups in total. The van der Waals surface area contributed by atoms with E-state index in [0.717, 1.165) is 19.4 Å². The van der Waals surface area contributed by atoms with Gasteiger partial charge >= 0.3 is 5.97 Å². The lowest BCUT2D eigenvalue weighted by Crippen LogP contribution is -2.36. The van der Waals surface area contributed by atoms with Gasteiger partial charge in [0.05, 0.1) is 12.7 Å². The number of nitrogens with one attached hydrogen (secondary N) is 1. The minimum atomic E-state index is -0.402. The maximum absolute atomic E-state index is 12.8. The van der Waals surface area contributed by atoms with Crippen LogP contribution in [0.5, 0.6) is 0 Å². The highest BCUT2D eigenvalue weighted by molar-refractivity contribution is 6.00. The SMILES string of the molecule is CC[C@@H]1CCN(C(=O)c2[nH]c(C)c(C(=O)OC)c2C)[C@@H]1C. The number of likely N-dealkylation sites (tertiary alicyclic amines) is 1. The summed E-state index contributed by atoms with van der Waals surface area (Å²) < 4.78 is 4.79. The molecular weight excluding hydrogens is 268 g/mol. The van der Waals surface area contributed by atoms with Crippen molar-refractivity contribution in [1.82, 2.24) is 9.88 Å². The van der Waals surface area contributed by atoms with Crippen LogP contribution in [0.4, 0.5) is 0 Å². The first kappa shape index (κ1) is 15.6. The van der Waals surface area contributed by atoms with Crippen molar-refractivity contribution in [3.8, 4) is 0 Å². The number of amides is 1. The van der Waals surface area contributed by atoms with Crippen LogP contribution in [0, 0.1) is 19.8 Å². The second-order valence-electron chi connectivity index (χ2n) is 5.81. The Bertz CT molecular complexity index is 562. The molecule has 0 aliphatic carbocycles. The zero-order valence-corrected chi connectivity index (χ0v) is 13.4. The van der Waals surface area contributed by atoms with Crippen LogP contribution in [0.15, 0.2) is 0 Å². The van der Waals surface area contributed by atoms with Gasteiger partial charge in [0, 0.05) is 18.3 Å². The average molecular weight is 292 g/mol. The van der Waals surface area contributed by atoms with Gasteiger partial charge in [-0.2, -0.15) is 0 Å². The van der Waals surface area contributed by atoms with Gasteiger partial charge in [0.2, 0.25) is 0 Å². The predicted octanol–water partition coefficient (Wildman–Crippen LogP) is 2.68. The van der Waals surface area contributed by atoms with Gasteiger partial charge in [-0.3, -0.25) is 4.79 Å². The van der Waals surface area contributed by atoms with Crippen LogP contribution in [0.2, 0.25) is 0 Å². The van der Waals surface area contributed by atoms with E-state index in [1.165, 1.54) is 7.11 Å². The molecule has 2 rings (SSSR count). The quantitative estimate of drug-likeness (QED) is 0.871. The summed E-state index contributed by atoms with van der Waals surface area (Å²) in [7, 11) is 1.35. The van der Waals surface area contributed by atoms with Gasteiger partial charge < -0.3 is 14.6 Å². The van der Waals surface area contributed by atoms with E-state index in [2.05, 4.69) is 18.8 Å². The molecule has 1 aromatic heterocycles. The van der Waals surface area contributed by atoms with E-state index < -0.39 is 5.97 Å². The Kier molecular flexibility index (Phi) is 4.40. The second-order valence-corrected chi connectivity index (χ2v) is 5.81. The molecule has 0 unspecified atom stereocenters. The monoisotopic (exact) mass is 292 g/mol. The summed E-state index contributed by atoms with van der Waals surface area (Å²) in [5.74, 6) is 0.140. The average Bonchev–Trinajstić information content (AvgIpc) is 2.97. The standard InChI is InChI=1S/C16H24N2O3/c1-6-12-7-8-18(11(12)4)15(19)14-9(2)13(10(3)17-14)16(20)21-5/h11-12,17H,6-8H2,1-5H3/t11-,12-/m1/s1. The Labute approximate surface area is 125 Å². The number of methoxy groups -OCH3 is 1. The number of aryl methyl sites for hydroxylation is 1. The Morgan fingerprint density at radius 1 is 1.38 bits per heavy atom. The van der Waals surface area contributed by atoms with E-state index in [-0.39, 0.29) is 11.9 Å². The lowest BCUT2D eigenvalue weighted by Gasteiger charge is -2.24. The smallest absolute Gasteiger partial charge is 0.339 e. The number of hydrogen-bond acceptors (Lipinski definition) is 3. The van der Waals surface area contributed by atoms with Gasteiger partial charge in [0.1, 0.15) is 5.69 Å². The summed E-state index contributed by atoms with van der Waals surface area (Å²) in [6.07, 6.45) is 2.13. The third kappa shape index (κ3) is 2.57. The highest BCUT2D eigenvalue weighted by Gasteiger charge is 2.35. The lowest BCUT2D eigenvalue weighted by atomic mass is 9.99. The number of aromatic nitrogens is 1. The summed E-state index contributed by atoms with van der Waals surface area (Å²) >= 11 is 0. The molecule has 1 fully saturated rings. The Balaban J connectivity index is 2.31. The number of esters is 1. The van der Waals surface area contributed by atoms with Gasteiger partial charge in [-0.1, -0.05) is 13.3 Å². The second kappa shape index (κ2) is 5.92. The fraction of sp³-hybridized carbons (Fsp3) is 0.625. The van der Waals surface area contributed by atoms with Crippen LogP contribution in [0.3, 0.4) is 0 Å². The number of carbonyl (C=O) groups is 2. The van der Waals surface area contributed by atoms with Crippen LogP contribution in [0.1, 0.15) is 58.8 Å². The number of rotatable bonds is 3. The molecule has 1 saturated heterocycles. The molecule has 0 bridgehead atoms. The zero-order chi connectivity index (χ0) is 15.7. The third-order valence-electron chi connectivity index (χ3n) is 4.74. The largest absolute Gasteiger partial charge is 0.465 e. The summed E-state index contributed by atoms with van der Waals surface area (Å²) in [4.78, 5) is 29.5. The highest BCUT2D eigenvalue weighted by Crippen LogP contribution is 2.29. The first-order valence-electron chi connectivity index (χ1n) is 7.50. The van der Waals surface area contributed by atoms with E-state index in [9.17, 15) is 9.59 Å². The molecule has 1 aliphatic rings. The van der Waals surface area contributed by atoms with E-state index in [0.29, 0.717) is 28.4 Å². The van der Waals surface area contributed by atoms with Gasteiger partial charge in [-0.25, -0.2) is 4.79 Å². The topological polar surface area (TPSA) is 62.4 Å². The zero-order valence-electron chi connectivity index (χ0n) is 13.4. The Morgan fingerprint density at radius 2 is 2.05 bits per heavy atom. The van der Waals surface area contributed by atoms with Crippen LogP contribution in [0.25, 0.3) is 0 Å². The number of H-pyrrole nitrogens is 1. The fourth-order valence-corrected chi connectivity index (χ4v) is 3.35. The van der Waals surface area contributed by atoms with Crippen molar-refractivity contribution < 1.29 is 14.3 Å². The van der Waals surface area contributed by atoms with Crippen molar-refractivity contribution in [2.24, 2.45) is 5.92 Å². The van der Waals surface area contributed by atoms with Crippen molar-refractivity contribution in [2.75, 3.05) is 13.7 Å². The molecule has 2 heterocycles. The van der Waals surface area contributed by atoms with Crippen molar-refractivity contribution in [3.05, 3.63) is 22.5 Å². The molecule has 1 aromatic rings. The Hall–Kier alpha value is -1.78. The van der Waals surface area contributed by atoms with E-state index in [1.807, 2.05) is 4.90 Å². The molecule has 0 spiro atoms. The molecule has 21 heavy (non-hydrogen) atoms.